The monoisotopic (exact) mass is 259 g/mol. The molecule has 2 aromatic rings. The molecule has 3 nitrogen and oxygen atoms in total. The lowest BCUT2D eigenvalue weighted by Gasteiger charge is -2.19. The number of hydrogen-bond acceptors (Lipinski definition) is 3. The number of likely N-dealkylation sites (N-methyl/N-ethyl adjacent to an activating group) is 1. The molecular formula is C15H18FN3. The van der Waals surface area contributed by atoms with Gasteiger partial charge in [-0.2, -0.15) is 0 Å². The van der Waals surface area contributed by atoms with E-state index in [2.05, 4.69) is 10.3 Å². The van der Waals surface area contributed by atoms with Crippen molar-refractivity contribution in [1.82, 2.24) is 10.3 Å². The molecule has 1 heterocycles. The van der Waals surface area contributed by atoms with E-state index in [0.29, 0.717) is 0 Å². The van der Waals surface area contributed by atoms with Crippen LogP contribution in [0, 0.1) is 5.82 Å². The van der Waals surface area contributed by atoms with Crippen LogP contribution < -0.4 is 10.2 Å². The van der Waals surface area contributed by atoms with Crippen molar-refractivity contribution in [3.8, 4) is 0 Å². The fourth-order valence-corrected chi connectivity index (χ4v) is 1.82. The normalized spacial score (nSPS) is 10.4. The summed E-state index contributed by atoms with van der Waals surface area (Å²) in [6.07, 6.45) is 3.62. The Hall–Kier alpha value is -1.94. The molecule has 1 aromatic carbocycles. The molecule has 0 saturated heterocycles. The van der Waals surface area contributed by atoms with Crippen molar-refractivity contribution in [1.29, 1.82) is 0 Å². The Kier molecular flexibility index (Phi) is 4.86. The average Bonchev–Trinajstić information content (AvgIpc) is 2.44. The van der Waals surface area contributed by atoms with Gasteiger partial charge in [0.15, 0.2) is 0 Å². The summed E-state index contributed by atoms with van der Waals surface area (Å²) in [4.78, 5) is 6.09. The fourth-order valence-electron chi connectivity index (χ4n) is 1.82. The number of pyridine rings is 1. The van der Waals surface area contributed by atoms with E-state index >= 15 is 0 Å². The summed E-state index contributed by atoms with van der Waals surface area (Å²) < 4.78 is 13.1. The van der Waals surface area contributed by atoms with Gasteiger partial charge in [-0.15, -0.1) is 0 Å². The second-order valence-corrected chi connectivity index (χ2v) is 4.44. The Balaban J connectivity index is 1.74. The number of hydrogen-bond donors (Lipinski definition) is 1. The quantitative estimate of drug-likeness (QED) is 0.808. The molecule has 19 heavy (non-hydrogen) atoms. The summed E-state index contributed by atoms with van der Waals surface area (Å²) in [6, 6.07) is 10.6. The molecule has 0 aliphatic carbocycles. The van der Waals surface area contributed by atoms with E-state index < -0.39 is 0 Å². The van der Waals surface area contributed by atoms with Crippen LogP contribution in [0.1, 0.15) is 5.56 Å². The van der Waals surface area contributed by atoms with Crippen molar-refractivity contribution >= 4 is 5.69 Å². The zero-order valence-corrected chi connectivity index (χ0v) is 11.0. The molecule has 0 fully saturated rings. The molecule has 0 radical (unpaired) electrons. The van der Waals surface area contributed by atoms with E-state index in [0.717, 1.165) is 30.9 Å². The molecule has 0 atom stereocenters. The van der Waals surface area contributed by atoms with E-state index in [4.69, 9.17) is 0 Å². The molecule has 2 rings (SSSR count). The molecule has 0 bridgehead atoms. The second-order valence-electron chi connectivity index (χ2n) is 4.44. The minimum absolute atomic E-state index is 0.201. The molecule has 0 amide bonds. The first-order chi connectivity index (χ1) is 9.25. The molecule has 0 aliphatic heterocycles. The maximum Gasteiger partial charge on any atom is 0.125 e. The van der Waals surface area contributed by atoms with Crippen LogP contribution in [0.25, 0.3) is 0 Å². The zero-order chi connectivity index (χ0) is 13.5. The third kappa shape index (κ3) is 4.34. The number of nitrogens with zero attached hydrogens (tertiary/aromatic N) is 2. The highest BCUT2D eigenvalue weighted by Gasteiger charge is 2.01. The topological polar surface area (TPSA) is 28.2 Å². The van der Waals surface area contributed by atoms with Crippen LogP contribution in [0.2, 0.25) is 0 Å². The number of halogens is 1. The summed E-state index contributed by atoms with van der Waals surface area (Å²) in [5, 5.41) is 3.34. The minimum Gasteiger partial charge on any atom is -0.373 e. The van der Waals surface area contributed by atoms with Gasteiger partial charge in [-0.1, -0.05) is 12.1 Å². The zero-order valence-electron chi connectivity index (χ0n) is 11.0. The molecule has 0 saturated carbocycles. The standard InChI is InChI=1S/C15H18FN3/c1-19(15-6-2-5-14(16)10-15)9-8-18-12-13-4-3-7-17-11-13/h2-7,10-11,18H,8-9,12H2,1H3. The summed E-state index contributed by atoms with van der Waals surface area (Å²) in [5.74, 6) is -0.201. The van der Waals surface area contributed by atoms with Crippen molar-refractivity contribution in [3.05, 3.63) is 60.2 Å². The van der Waals surface area contributed by atoms with E-state index in [1.165, 1.54) is 6.07 Å². The van der Waals surface area contributed by atoms with Crippen LogP contribution >= 0.6 is 0 Å². The fraction of sp³-hybridized carbons (Fsp3) is 0.267. The lowest BCUT2D eigenvalue weighted by atomic mass is 10.3. The van der Waals surface area contributed by atoms with Gasteiger partial charge in [0.1, 0.15) is 5.82 Å². The molecule has 4 heteroatoms. The summed E-state index contributed by atoms with van der Waals surface area (Å²) in [6.45, 7) is 2.45. The number of aromatic nitrogens is 1. The summed E-state index contributed by atoms with van der Waals surface area (Å²) in [5.41, 5.74) is 2.05. The Bertz CT molecular complexity index is 502. The first-order valence-electron chi connectivity index (χ1n) is 6.32. The second kappa shape index (κ2) is 6.85. The van der Waals surface area contributed by atoms with Crippen LogP contribution in [-0.4, -0.2) is 25.1 Å². The lowest BCUT2D eigenvalue weighted by Crippen LogP contribution is -2.28. The molecule has 1 N–H and O–H groups in total. The highest BCUT2D eigenvalue weighted by Crippen LogP contribution is 2.12. The molecule has 100 valence electrons. The molecule has 0 spiro atoms. The van der Waals surface area contributed by atoms with Crippen molar-refractivity contribution in [2.45, 2.75) is 6.54 Å². The lowest BCUT2D eigenvalue weighted by molar-refractivity contribution is 0.626. The summed E-state index contributed by atoms with van der Waals surface area (Å²) >= 11 is 0. The molecule has 0 unspecified atom stereocenters. The molecule has 1 aromatic heterocycles. The van der Waals surface area contributed by atoms with Gasteiger partial charge in [-0.3, -0.25) is 4.98 Å². The van der Waals surface area contributed by atoms with Crippen molar-refractivity contribution in [2.75, 3.05) is 25.0 Å². The van der Waals surface area contributed by atoms with Crippen LogP contribution in [-0.2, 0) is 6.54 Å². The van der Waals surface area contributed by atoms with Gasteiger partial charge >= 0.3 is 0 Å². The van der Waals surface area contributed by atoms with Gasteiger partial charge in [-0.05, 0) is 29.8 Å². The predicted molar refractivity (Wildman–Crippen MR) is 75.6 cm³/mol. The van der Waals surface area contributed by atoms with Crippen molar-refractivity contribution in [3.63, 3.8) is 0 Å². The Morgan fingerprint density at radius 2 is 2.16 bits per heavy atom. The third-order valence-electron chi connectivity index (χ3n) is 2.92. The highest BCUT2D eigenvalue weighted by molar-refractivity contribution is 5.45. The van der Waals surface area contributed by atoms with Gasteiger partial charge in [0.2, 0.25) is 0 Å². The minimum atomic E-state index is -0.201. The van der Waals surface area contributed by atoms with E-state index in [-0.39, 0.29) is 5.82 Å². The van der Waals surface area contributed by atoms with E-state index in [9.17, 15) is 4.39 Å². The van der Waals surface area contributed by atoms with E-state index in [1.807, 2.05) is 36.3 Å². The largest absolute Gasteiger partial charge is 0.373 e. The van der Waals surface area contributed by atoms with E-state index in [1.54, 1.807) is 18.3 Å². The van der Waals surface area contributed by atoms with Crippen LogP contribution in [0.15, 0.2) is 48.8 Å². The van der Waals surface area contributed by atoms with Crippen molar-refractivity contribution in [2.24, 2.45) is 0 Å². The maximum absolute atomic E-state index is 13.1. The van der Waals surface area contributed by atoms with Gasteiger partial charge in [0.25, 0.3) is 0 Å². The van der Waals surface area contributed by atoms with Crippen LogP contribution in [0.5, 0.6) is 0 Å². The van der Waals surface area contributed by atoms with Gasteiger partial charge in [0, 0.05) is 44.8 Å². The molecular weight excluding hydrogens is 241 g/mol. The first kappa shape index (κ1) is 13.5. The number of rotatable bonds is 6. The first-order valence-corrected chi connectivity index (χ1v) is 6.32. The number of nitrogens with one attached hydrogen (secondary N) is 1. The predicted octanol–water partition coefficient (Wildman–Crippen LogP) is 2.45. The smallest absolute Gasteiger partial charge is 0.125 e. The Morgan fingerprint density at radius 3 is 2.89 bits per heavy atom. The SMILES string of the molecule is CN(CCNCc1cccnc1)c1cccc(F)c1. The average molecular weight is 259 g/mol. The van der Waals surface area contributed by atoms with Gasteiger partial charge < -0.3 is 10.2 Å². The van der Waals surface area contributed by atoms with Crippen LogP contribution in [0.4, 0.5) is 10.1 Å². The van der Waals surface area contributed by atoms with Gasteiger partial charge in [0.05, 0.1) is 0 Å². The molecule has 0 aliphatic rings. The number of benzene rings is 1. The number of anilines is 1. The summed E-state index contributed by atoms with van der Waals surface area (Å²) in [7, 11) is 1.96. The maximum atomic E-state index is 13.1. The van der Waals surface area contributed by atoms with Crippen LogP contribution in [0.3, 0.4) is 0 Å². The third-order valence-corrected chi connectivity index (χ3v) is 2.92. The van der Waals surface area contributed by atoms with Gasteiger partial charge in [-0.25, -0.2) is 4.39 Å². The Morgan fingerprint density at radius 1 is 1.26 bits per heavy atom. The highest BCUT2D eigenvalue weighted by atomic mass is 19.1. The Labute approximate surface area is 113 Å². The van der Waals surface area contributed by atoms with Crippen molar-refractivity contribution < 1.29 is 4.39 Å².